The van der Waals surface area contributed by atoms with Gasteiger partial charge in [0.25, 0.3) is 0 Å². The molecular weight excluding hydrogens is 512 g/mol. The van der Waals surface area contributed by atoms with Crippen LogP contribution in [0.5, 0.6) is 11.5 Å². The van der Waals surface area contributed by atoms with Gasteiger partial charge in [0.15, 0.2) is 17.5 Å². The molecule has 0 bridgehead atoms. The molecule has 1 aromatic rings. The summed E-state index contributed by atoms with van der Waals surface area (Å²) < 4.78 is 11.7. The lowest BCUT2D eigenvalue weighted by atomic mass is 9.65. The fourth-order valence-electron chi connectivity index (χ4n) is 6.32. The van der Waals surface area contributed by atoms with Gasteiger partial charge in [-0.1, -0.05) is 13.0 Å². The Kier molecular flexibility index (Phi) is 12.8. The zero-order chi connectivity index (χ0) is 29.1. The Morgan fingerprint density at radius 2 is 2.00 bits per heavy atom. The van der Waals surface area contributed by atoms with E-state index in [0.717, 1.165) is 44.3 Å². The Labute approximate surface area is 238 Å². The van der Waals surface area contributed by atoms with Crippen LogP contribution in [-0.2, 0) is 16.0 Å². The third-order valence-electron chi connectivity index (χ3n) is 8.64. The van der Waals surface area contributed by atoms with E-state index >= 15 is 0 Å². The van der Waals surface area contributed by atoms with Crippen molar-refractivity contribution in [3.8, 4) is 11.5 Å². The quantitative estimate of drug-likeness (QED) is 0.121. The van der Waals surface area contributed by atoms with E-state index in [-0.39, 0.29) is 36.3 Å². The molecule has 0 aromatic heterocycles. The summed E-state index contributed by atoms with van der Waals surface area (Å²) in [6.07, 6.45) is 4.53. The fraction of sp³-hybridized carbons (Fsp3) is 0.733. The van der Waals surface area contributed by atoms with Crippen LogP contribution in [0.15, 0.2) is 23.2 Å². The molecule has 7 N–H and O–H groups in total. The van der Waals surface area contributed by atoms with Crippen LogP contribution in [0.3, 0.4) is 0 Å². The molecule has 0 radical (unpaired) electrons. The summed E-state index contributed by atoms with van der Waals surface area (Å²) in [4.78, 5) is 15.9. The van der Waals surface area contributed by atoms with Crippen LogP contribution in [-0.4, -0.2) is 78.8 Å². The number of guanidine groups is 1. The van der Waals surface area contributed by atoms with Gasteiger partial charge in [-0.2, -0.15) is 0 Å². The minimum absolute atomic E-state index is 0.0216. The third-order valence-corrected chi connectivity index (χ3v) is 8.64. The van der Waals surface area contributed by atoms with Crippen LogP contribution in [0.1, 0.15) is 64.4 Å². The average Bonchev–Trinajstić information content (AvgIpc) is 2.93. The summed E-state index contributed by atoms with van der Waals surface area (Å²) in [5.41, 5.74) is 6.82. The van der Waals surface area contributed by atoms with Crippen molar-refractivity contribution in [2.45, 2.75) is 83.5 Å². The number of phenolic OH excluding ortho intramolecular Hbond substituents is 1. The number of ether oxygens (including phenoxy) is 2. The van der Waals surface area contributed by atoms with Crippen LogP contribution < -0.4 is 21.1 Å². The highest BCUT2D eigenvalue weighted by Crippen LogP contribution is 2.42. The van der Waals surface area contributed by atoms with Crippen molar-refractivity contribution in [3.05, 3.63) is 23.8 Å². The maximum atomic E-state index is 12.0. The summed E-state index contributed by atoms with van der Waals surface area (Å²) in [7, 11) is 1.64. The minimum Gasteiger partial charge on any atom is -0.504 e. The van der Waals surface area contributed by atoms with Gasteiger partial charge in [-0.3, -0.25) is 9.79 Å². The molecule has 1 heterocycles. The molecule has 2 aliphatic rings. The summed E-state index contributed by atoms with van der Waals surface area (Å²) in [5, 5.41) is 38.0. The molecule has 1 aliphatic carbocycles. The van der Waals surface area contributed by atoms with Gasteiger partial charge in [0, 0.05) is 33.5 Å². The number of carbonyl (C=O) groups excluding carboxylic acids is 1. The number of benzene rings is 1. The number of carbonyl (C=O) groups is 1. The van der Waals surface area contributed by atoms with E-state index in [1.54, 1.807) is 13.1 Å². The van der Waals surface area contributed by atoms with Crippen LogP contribution >= 0.6 is 0 Å². The topological polar surface area (TPSA) is 159 Å². The number of hydrogen-bond acceptors (Lipinski definition) is 8. The summed E-state index contributed by atoms with van der Waals surface area (Å²) in [6, 6.07) is 5.37. The number of rotatable bonds is 13. The van der Waals surface area contributed by atoms with E-state index in [4.69, 9.17) is 15.2 Å². The molecule has 6 atom stereocenters. The molecule has 0 spiro atoms. The zero-order valence-electron chi connectivity index (χ0n) is 24.3. The van der Waals surface area contributed by atoms with Gasteiger partial charge in [0.2, 0.25) is 0 Å². The van der Waals surface area contributed by atoms with E-state index in [0.29, 0.717) is 55.8 Å². The fourth-order valence-corrected chi connectivity index (χ4v) is 6.32. The van der Waals surface area contributed by atoms with Crippen molar-refractivity contribution in [1.82, 2.24) is 10.6 Å². The Bertz CT molecular complexity index is 954. The second-order valence-corrected chi connectivity index (χ2v) is 11.6. The van der Waals surface area contributed by atoms with E-state index in [1.165, 1.54) is 6.92 Å². The van der Waals surface area contributed by atoms with Gasteiger partial charge in [-0.25, -0.2) is 0 Å². The number of nitrogens with two attached hydrogens (primary N) is 1. The van der Waals surface area contributed by atoms with Crippen molar-refractivity contribution >= 4 is 11.9 Å². The number of nitrogens with zero attached hydrogens (tertiary/aromatic N) is 1. The van der Waals surface area contributed by atoms with Crippen LogP contribution in [0.2, 0.25) is 0 Å². The number of aryl methyl sites for hydroxylation is 1. The molecule has 226 valence electrons. The molecule has 3 rings (SSSR count). The first kappa shape index (κ1) is 32.0. The minimum atomic E-state index is -0.674. The van der Waals surface area contributed by atoms with Gasteiger partial charge in [0.05, 0.1) is 6.10 Å². The number of piperidine rings is 1. The first-order chi connectivity index (χ1) is 19.2. The number of aliphatic hydroxyl groups excluding tert-OH is 2. The first-order valence-corrected chi connectivity index (χ1v) is 14.8. The highest BCUT2D eigenvalue weighted by molar-refractivity contribution is 5.77. The normalized spacial score (nSPS) is 25.7. The lowest BCUT2D eigenvalue weighted by molar-refractivity contribution is -0.149. The standard InChI is InChI=1S/C30H50N4O6/c1-19-14-22(10-13-35)26(16-23(19)18-34-30(31)32-3)28(38)17-25(39-20(2)36)6-4-21-5-7-27(37)29(15-21)40-24-8-11-33-12-9-24/h5,7,15,19,22-26,28,33,35,37-38H,4,6,8-14,16-18H2,1-3H3,(H3,31,32,34). The van der Waals surface area contributed by atoms with Crippen molar-refractivity contribution in [2.24, 2.45) is 34.4 Å². The third kappa shape index (κ3) is 9.82. The van der Waals surface area contributed by atoms with Crippen molar-refractivity contribution in [3.63, 3.8) is 0 Å². The summed E-state index contributed by atoms with van der Waals surface area (Å²) in [6.45, 7) is 6.15. The van der Waals surface area contributed by atoms with Gasteiger partial charge in [-0.05, 0) is 99.4 Å². The van der Waals surface area contributed by atoms with Gasteiger partial charge in [-0.15, -0.1) is 0 Å². The molecule has 10 nitrogen and oxygen atoms in total. The smallest absolute Gasteiger partial charge is 0.302 e. The molecule has 1 saturated heterocycles. The summed E-state index contributed by atoms with van der Waals surface area (Å²) >= 11 is 0. The number of phenols is 1. The average molecular weight is 563 g/mol. The van der Waals surface area contributed by atoms with E-state index < -0.39 is 12.2 Å². The van der Waals surface area contributed by atoms with Crippen molar-refractivity contribution in [2.75, 3.05) is 33.3 Å². The molecule has 10 heteroatoms. The first-order valence-electron chi connectivity index (χ1n) is 14.8. The Morgan fingerprint density at radius 1 is 1.25 bits per heavy atom. The van der Waals surface area contributed by atoms with E-state index in [1.807, 2.05) is 12.1 Å². The molecule has 2 fully saturated rings. The van der Waals surface area contributed by atoms with Crippen LogP contribution in [0.4, 0.5) is 0 Å². The van der Waals surface area contributed by atoms with Gasteiger partial charge in [0.1, 0.15) is 12.2 Å². The number of hydrogen-bond donors (Lipinski definition) is 6. The van der Waals surface area contributed by atoms with Crippen LogP contribution in [0.25, 0.3) is 0 Å². The lowest BCUT2D eigenvalue weighted by Crippen LogP contribution is -2.44. The second kappa shape index (κ2) is 16.0. The molecule has 0 amide bonds. The van der Waals surface area contributed by atoms with Crippen LogP contribution in [0, 0.1) is 23.7 Å². The Balaban J connectivity index is 1.65. The summed E-state index contributed by atoms with van der Waals surface area (Å²) in [5.74, 6) is 1.50. The molecule has 40 heavy (non-hydrogen) atoms. The predicted octanol–water partition coefficient (Wildman–Crippen LogP) is 2.33. The highest BCUT2D eigenvalue weighted by atomic mass is 16.5. The van der Waals surface area contributed by atoms with E-state index in [9.17, 15) is 20.1 Å². The predicted molar refractivity (Wildman–Crippen MR) is 155 cm³/mol. The number of aliphatic imine (C=N–C) groups is 1. The second-order valence-electron chi connectivity index (χ2n) is 11.6. The number of aromatic hydroxyl groups is 1. The monoisotopic (exact) mass is 562 g/mol. The molecule has 6 unspecified atom stereocenters. The maximum Gasteiger partial charge on any atom is 0.302 e. The highest BCUT2D eigenvalue weighted by Gasteiger charge is 2.39. The van der Waals surface area contributed by atoms with Gasteiger partial charge < -0.3 is 41.2 Å². The van der Waals surface area contributed by atoms with E-state index in [2.05, 4.69) is 22.5 Å². The van der Waals surface area contributed by atoms with Gasteiger partial charge >= 0.3 is 5.97 Å². The largest absolute Gasteiger partial charge is 0.504 e. The molecule has 1 aliphatic heterocycles. The SMILES string of the molecule is CN=C(N)NCC1CC(C(O)CC(CCc2ccc(O)c(OC3CCNCC3)c2)OC(C)=O)C(CCO)CC1C. The molecule has 1 aromatic carbocycles. The Hall–Kier alpha value is -2.56. The van der Waals surface area contributed by atoms with Crippen molar-refractivity contribution in [1.29, 1.82) is 0 Å². The Morgan fingerprint density at radius 3 is 2.67 bits per heavy atom. The zero-order valence-corrected chi connectivity index (χ0v) is 24.3. The number of esters is 1. The molecular formula is C30H50N4O6. The maximum absolute atomic E-state index is 12.0. The number of nitrogens with one attached hydrogen (secondary N) is 2. The van der Waals surface area contributed by atoms with Crippen molar-refractivity contribution < 1.29 is 29.6 Å². The lowest BCUT2D eigenvalue weighted by Gasteiger charge is -2.43. The number of aliphatic hydroxyl groups is 2. The molecule has 1 saturated carbocycles.